The normalized spacial score (nSPS) is 11.8. The van der Waals surface area contributed by atoms with Gasteiger partial charge in [-0.2, -0.15) is 18.3 Å². The molecule has 0 bridgehead atoms. The van der Waals surface area contributed by atoms with Gasteiger partial charge in [0.05, 0.1) is 5.69 Å². The molecular formula is C9H6BrF3N4. The topological polar surface area (TPSA) is 56.7 Å². The maximum Gasteiger partial charge on any atom is 0.435 e. The summed E-state index contributed by atoms with van der Waals surface area (Å²) in [6.45, 7) is 0. The summed E-state index contributed by atoms with van der Waals surface area (Å²) in [6, 6.07) is 2.40. The molecule has 0 amide bonds. The van der Waals surface area contributed by atoms with Crippen molar-refractivity contribution in [1.29, 1.82) is 0 Å². The molecule has 0 saturated carbocycles. The van der Waals surface area contributed by atoms with Crippen molar-refractivity contribution < 1.29 is 13.2 Å². The second-order valence-corrected chi connectivity index (χ2v) is 4.13. The second-order valence-electron chi connectivity index (χ2n) is 3.21. The number of nitrogens with zero attached hydrogens (tertiary/aromatic N) is 3. The molecule has 8 heteroatoms. The molecule has 0 aliphatic rings. The largest absolute Gasteiger partial charge is 0.435 e. The Hall–Kier alpha value is -1.57. The Kier molecular flexibility index (Phi) is 2.82. The summed E-state index contributed by atoms with van der Waals surface area (Å²) in [5, 5.41) is 3.38. The van der Waals surface area contributed by atoms with E-state index in [0.717, 1.165) is 16.9 Å². The van der Waals surface area contributed by atoms with E-state index in [4.69, 9.17) is 5.73 Å². The maximum atomic E-state index is 12.3. The first-order valence-corrected chi connectivity index (χ1v) is 5.21. The van der Waals surface area contributed by atoms with E-state index in [2.05, 4.69) is 26.0 Å². The molecule has 2 rings (SSSR count). The highest BCUT2D eigenvalue weighted by molar-refractivity contribution is 9.10. The number of alkyl halides is 3. The number of rotatable bonds is 1. The molecule has 0 atom stereocenters. The van der Waals surface area contributed by atoms with Crippen molar-refractivity contribution in [2.75, 3.05) is 5.73 Å². The Balaban J connectivity index is 2.44. The Bertz CT molecular complexity index is 549. The van der Waals surface area contributed by atoms with Crippen molar-refractivity contribution in [2.45, 2.75) is 6.18 Å². The molecule has 2 N–H and O–H groups in total. The van der Waals surface area contributed by atoms with Crippen LogP contribution in [0.15, 0.2) is 29.0 Å². The van der Waals surface area contributed by atoms with E-state index in [0.29, 0.717) is 4.47 Å². The molecule has 0 radical (unpaired) electrons. The van der Waals surface area contributed by atoms with Crippen LogP contribution in [0.4, 0.5) is 18.9 Å². The van der Waals surface area contributed by atoms with Crippen LogP contribution in [0.2, 0.25) is 0 Å². The Labute approximate surface area is 102 Å². The van der Waals surface area contributed by atoms with Crippen LogP contribution in [0.1, 0.15) is 5.69 Å². The van der Waals surface area contributed by atoms with Crippen molar-refractivity contribution in [1.82, 2.24) is 14.8 Å². The van der Waals surface area contributed by atoms with Gasteiger partial charge in [0, 0.05) is 16.9 Å². The van der Waals surface area contributed by atoms with E-state index in [1.54, 1.807) is 0 Å². The average molecular weight is 307 g/mol. The van der Waals surface area contributed by atoms with E-state index in [9.17, 15) is 13.2 Å². The number of hydrogen-bond donors (Lipinski definition) is 1. The van der Waals surface area contributed by atoms with Gasteiger partial charge in [-0.15, -0.1) is 0 Å². The third-order valence-electron chi connectivity index (χ3n) is 1.96. The first kappa shape index (κ1) is 11.9. The maximum absolute atomic E-state index is 12.3. The molecule has 4 nitrogen and oxygen atoms in total. The fourth-order valence-corrected chi connectivity index (χ4v) is 1.58. The highest BCUT2D eigenvalue weighted by Gasteiger charge is 2.33. The highest BCUT2D eigenvalue weighted by Crippen LogP contribution is 2.28. The number of nitrogens with two attached hydrogens (primary N) is 1. The molecule has 2 aromatic heterocycles. The number of halogens is 4. The monoisotopic (exact) mass is 306 g/mol. The molecule has 0 fully saturated rings. The molecule has 0 saturated heterocycles. The molecule has 0 unspecified atom stereocenters. The Morgan fingerprint density at radius 1 is 1.35 bits per heavy atom. The molecular weight excluding hydrogens is 301 g/mol. The van der Waals surface area contributed by atoms with Crippen LogP contribution in [-0.4, -0.2) is 14.8 Å². The summed E-state index contributed by atoms with van der Waals surface area (Å²) in [5.41, 5.74) is 4.89. The summed E-state index contributed by atoms with van der Waals surface area (Å²) in [5.74, 6) is 0.156. The van der Waals surface area contributed by atoms with Crippen LogP contribution in [0, 0.1) is 0 Å². The average Bonchev–Trinajstić information content (AvgIpc) is 2.65. The van der Waals surface area contributed by atoms with Gasteiger partial charge in [-0.3, -0.25) is 0 Å². The summed E-state index contributed by atoms with van der Waals surface area (Å²) in [7, 11) is 0. The van der Waals surface area contributed by atoms with Crippen LogP contribution < -0.4 is 5.73 Å². The van der Waals surface area contributed by atoms with Gasteiger partial charge in [-0.05, 0) is 28.1 Å². The fraction of sp³-hybridized carbons (Fsp3) is 0.111. The van der Waals surface area contributed by atoms with Crippen LogP contribution in [0.3, 0.4) is 0 Å². The predicted octanol–water partition coefficient (Wildman–Crippen LogP) is 2.63. The van der Waals surface area contributed by atoms with Gasteiger partial charge >= 0.3 is 6.18 Å². The zero-order valence-corrected chi connectivity index (χ0v) is 9.83. The molecule has 17 heavy (non-hydrogen) atoms. The van der Waals surface area contributed by atoms with E-state index >= 15 is 0 Å². The van der Waals surface area contributed by atoms with Crippen molar-refractivity contribution >= 4 is 21.6 Å². The quantitative estimate of drug-likeness (QED) is 0.881. The standard InChI is InChI=1S/C9H6BrF3N4/c10-5-3-6(14)8(15-4-5)17-2-1-7(16-17)9(11,12)13/h1-4H,14H2. The van der Waals surface area contributed by atoms with E-state index < -0.39 is 11.9 Å². The molecule has 0 spiro atoms. The molecule has 0 aliphatic heterocycles. The van der Waals surface area contributed by atoms with Gasteiger partial charge < -0.3 is 5.73 Å². The van der Waals surface area contributed by atoms with Crippen LogP contribution >= 0.6 is 15.9 Å². The minimum absolute atomic E-state index is 0.156. The summed E-state index contributed by atoms with van der Waals surface area (Å²) < 4.78 is 38.7. The lowest BCUT2D eigenvalue weighted by Gasteiger charge is -2.05. The van der Waals surface area contributed by atoms with Gasteiger partial charge in [-0.25, -0.2) is 9.67 Å². The van der Waals surface area contributed by atoms with Gasteiger partial charge in [-0.1, -0.05) is 0 Å². The van der Waals surface area contributed by atoms with Gasteiger partial charge in [0.1, 0.15) is 0 Å². The van der Waals surface area contributed by atoms with Crippen molar-refractivity contribution in [3.63, 3.8) is 0 Å². The Morgan fingerprint density at radius 2 is 2.06 bits per heavy atom. The molecule has 0 aliphatic carbocycles. The minimum atomic E-state index is -4.48. The summed E-state index contributed by atoms with van der Waals surface area (Å²) in [6.07, 6.45) is -1.88. The van der Waals surface area contributed by atoms with E-state index in [-0.39, 0.29) is 11.5 Å². The van der Waals surface area contributed by atoms with Gasteiger partial charge in [0.25, 0.3) is 0 Å². The number of nitrogen functional groups attached to an aromatic ring is 1. The number of pyridine rings is 1. The lowest BCUT2D eigenvalue weighted by Crippen LogP contribution is -2.09. The van der Waals surface area contributed by atoms with Crippen molar-refractivity contribution in [3.05, 3.63) is 34.7 Å². The molecule has 2 aromatic rings. The Morgan fingerprint density at radius 3 is 2.59 bits per heavy atom. The zero-order chi connectivity index (χ0) is 12.6. The lowest BCUT2D eigenvalue weighted by molar-refractivity contribution is -0.141. The van der Waals surface area contributed by atoms with E-state index in [1.807, 2.05) is 0 Å². The second kappa shape index (κ2) is 4.02. The van der Waals surface area contributed by atoms with Crippen LogP contribution in [0.5, 0.6) is 0 Å². The summed E-state index contributed by atoms with van der Waals surface area (Å²) in [4.78, 5) is 3.90. The first-order chi connectivity index (χ1) is 7.88. The van der Waals surface area contributed by atoms with Crippen LogP contribution in [0.25, 0.3) is 5.82 Å². The third-order valence-corrected chi connectivity index (χ3v) is 2.39. The van der Waals surface area contributed by atoms with Gasteiger partial charge in [0.15, 0.2) is 11.5 Å². The SMILES string of the molecule is Nc1cc(Br)cnc1-n1ccc(C(F)(F)F)n1. The van der Waals surface area contributed by atoms with Gasteiger partial charge in [0.2, 0.25) is 0 Å². The van der Waals surface area contributed by atoms with Crippen LogP contribution in [-0.2, 0) is 6.18 Å². The minimum Gasteiger partial charge on any atom is -0.396 e. The molecule has 90 valence electrons. The smallest absolute Gasteiger partial charge is 0.396 e. The van der Waals surface area contributed by atoms with E-state index in [1.165, 1.54) is 12.3 Å². The first-order valence-electron chi connectivity index (χ1n) is 4.42. The zero-order valence-electron chi connectivity index (χ0n) is 8.24. The lowest BCUT2D eigenvalue weighted by atomic mass is 10.4. The number of anilines is 1. The predicted molar refractivity (Wildman–Crippen MR) is 58.5 cm³/mol. The number of aromatic nitrogens is 3. The third kappa shape index (κ3) is 2.41. The highest BCUT2D eigenvalue weighted by atomic mass is 79.9. The van der Waals surface area contributed by atoms with Crippen molar-refractivity contribution in [2.24, 2.45) is 0 Å². The number of hydrogen-bond acceptors (Lipinski definition) is 3. The van der Waals surface area contributed by atoms with Crippen molar-refractivity contribution in [3.8, 4) is 5.82 Å². The molecule has 2 heterocycles. The summed E-state index contributed by atoms with van der Waals surface area (Å²) >= 11 is 3.15. The fourth-order valence-electron chi connectivity index (χ4n) is 1.23. The molecule has 0 aromatic carbocycles.